The molecule has 0 atom stereocenters. The van der Waals surface area contributed by atoms with E-state index in [1.165, 1.54) is 11.3 Å². The first-order chi connectivity index (χ1) is 7.74. The Hall–Kier alpha value is -2.43. The first kappa shape index (κ1) is 11.6. The summed E-state index contributed by atoms with van der Waals surface area (Å²) in [4.78, 5) is 3.15. The van der Waals surface area contributed by atoms with Crippen LogP contribution in [0.3, 0.4) is 0 Å². The number of aromatic amines is 1. The number of hydrogen-bond acceptors (Lipinski definition) is 2. The summed E-state index contributed by atoms with van der Waals surface area (Å²) >= 11 is 0. The Morgan fingerprint density at radius 3 is 2.06 bits per heavy atom. The van der Waals surface area contributed by atoms with Crippen molar-refractivity contribution >= 4 is 5.96 Å². The summed E-state index contributed by atoms with van der Waals surface area (Å²) in [6.07, 6.45) is 1.93. The molecule has 0 saturated carbocycles. The molecule has 0 aliphatic heterocycles. The zero-order chi connectivity index (χ0) is 11.8. The van der Waals surface area contributed by atoms with Crippen LogP contribution in [-0.4, -0.2) is 10.9 Å². The lowest BCUT2D eigenvalue weighted by atomic mass is 10.2. The molecule has 0 radical (unpaired) electrons. The van der Waals surface area contributed by atoms with Crippen LogP contribution in [0, 0.1) is 0 Å². The third-order valence-corrected chi connectivity index (χ3v) is 1.83. The van der Waals surface area contributed by atoms with Gasteiger partial charge in [0.2, 0.25) is 5.96 Å². The summed E-state index contributed by atoms with van der Waals surface area (Å²) < 4.78 is 0. The third-order valence-electron chi connectivity index (χ3n) is 1.83. The van der Waals surface area contributed by atoms with Gasteiger partial charge in [-0.15, -0.1) is 5.10 Å². The average Bonchev–Trinajstić information content (AvgIpc) is 2.84. The van der Waals surface area contributed by atoms with Crippen LogP contribution in [0.4, 0.5) is 0 Å². The summed E-state index contributed by atoms with van der Waals surface area (Å²) in [5.41, 5.74) is 11.8. The Morgan fingerprint density at radius 1 is 1.00 bits per heavy atom. The van der Waals surface area contributed by atoms with Crippen molar-refractivity contribution in [2.75, 3.05) is 0 Å². The molecular formula is C11H15N5. The van der Waals surface area contributed by atoms with E-state index in [-0.39, 0.29) is 5.96 Å². The number of guanidine groups is 1. The number of nitrogens with one attached hydrogen (secondary N) is 1. The molecule has 0 amide bonds. The summed E-state index contributed by atoms with van der Waals surface area (Å²) in [5.74, 6) is 4.42. The van der Waals surface area contributed by atoms with Crippen LogP contribution in [0.1, 0.15) is 0 Å². The molecule has 0 fully saturated rings. The molecule has 2 aromatic rings. The van der Waals surface area contributed by atoms with E-state index in [2.05, 4.69) is 34.1 Å². The van der Waals surface area contributed by atoms with Crippen LogP contribution >= 0.6 is 0 Å². The molecular weight excluding hydrogens is 202 g/mol. The Bertz CT molecular complexity index is 415. The van der Waals surface area contributed by atoms with Crippen molar-refractivity contribution < 1.29 is 0 Å². The van der Waals surface area contributed by atoms with E-state index in [1.807, 2.05) is 30.5 Å². The zero-order valence-electron chi connectivity index (χ0n) is 8.80. The summed E-state index contributed by atoms with van der Waals surface area (Å²) in [6.45, 7) is 0. The van der Waals surface area contributed by atoms with Gasteiger partial charge in [0.1, 0.15) is 0 Å². The SMILES string of the molecule is NN=C(N)N.c1ccc(-c2ccc[nH]2)cc1. The monoisotopic (exact) mass is 217 g/mol. The van der Waals surface area contributed by atoms with Crippen molar-refractivity contribution in [2.24, 2.45) is 22.4 Å². The molecule has 7 N–H and O–H groups in total. The van der Waals surface area contributed by atoms with Crippen molar-refractivity contribution in [3.63, 3.8) is 0 Å². The van der Waals surface area contributed by atoms with Gasteiger partial charge in [0.25, 0.3) is 0 Å². The summed E-state index contributed by atoms with van der Waals surface area (Å²) in [6, 6.07) is 14.3. The predicted octanol–water partition coefficient (Wildman–Crippen LogP) is 0.815. The Morgan fingerprint density at radius 2 is 1.62 bits per heavy atom. The molecule has 0 spiro atoms. The van der Waals surface area contributed by atoms with Gasteiger partial charge >= 0.3 is 0 Å². The molecule has 0 saturated heterocycles. The largest absolute Gasteiger partial charge is 0.369 e. The topological polar surface area (TPSA) is 106 Å². The Kier molecular flexibility index (Phi) is 4.46. The number of hydrazone groups is 1. The molecule has 84 valence electrons. The number of nitrogens with two attached hydrogens (primary N) is 3. The first-order valence-corrected chi connectivity index (χ1v) is 4.71. The van der Waals surface area contributed by atoms with E-state index >= 15 is 0 Å². The lowest BCUT2D eigenvalue weighted by Crippen LogP contribution is -2.23. The van der Waals surface area contributed by atoms with Crippen molar-refractivity contribution in [1.82, 2.24) is 4.98 Å². The van der Waals surface area contributed by atoms with Gasteiger partial charge in [0.05, 0.1) is 0 Å². The highest BCUT2D eigenvalue weighted by molar-refractivity contribution is 5.75. The molecule has 1 aromatic carbocycles. The number of rotatable bonds is 1. The van der Waals surface area contributed by atoms with E-state index in [9.17, 15) is 0 Å². The average molecular weight is 217 g/mol. The molecule has 5 nitrogen and oxygen atoms in total. The van der Waals surface area contributed by atoms with Gasteiger partial charge in [-0.1, -0.05) is 30.3 Å². The highest BCUT2D eigenvalue weighted by Crippen LogP contribution is 2.14. The second kappa shape index (κ2) is 6.13. The minimum absolute atomic E-state index is 0.0926. The molecule has 2 rings (SSSR count). The van der Waals surface area contributed by atoms with Gasteiger partial charge in [-0.2, -0.15) is 0 Å². The van der Waals surface area contributed by atoms with Gasteiger partial charge in [-0.05, 0) is 17.7 Å². The van der Waals surface area contributed by atoms with Crippen molar-refractivity contribution in [2.45, 2.75) is 0 Å². The Labute approximate surface area is 94.0 Å². The molecule has 0 aliphatic rings. The van der Waals surface area contributed by atoms with E-state index in [1.54, 1.807) is 0 Å². The van der Waals surface area contributed by atoms with Gasteiger partial charge in [0, 0.05) is 11.9 Å². The fourth-order valence-electron chi connectivity index (χ4n) is 1.13. The lowest BCUT2D eigenvalue weighted by molar-refractivity contribution is 1.21. The standard InChI is InChI=1S/C10H9N.CH6N4/c1-2-5-9(6-3-1)10-7-4-8-11-10;2-1(3)5-4/h1-8,11H;4H2,(H4,2,3,5). The quantitative estimate of drug-likeness (QED) is 0.246. The van der Waals surface area contributed by atoms with E-state index < -0.39 is 0 Å². The zero-order valence-corrected chi connectivity index (χ0v) is 8.80. The fourth-order valence-corrected chi connectivity index (χ4v) is 1.13. The number of benzene rings is 1. The van der Waals surface area contributed by atoms with Crippen LogP contribution in [0.2, 0.25) is 0 Å². The smallest absolute Gasteiger partial charge is 0.208 e. The first-order valence-electron chi connectivity index (χ1n) is 4.71. The molecule has 5 heteroatoms. The third kappa shape index (κ3) is 3.75. The van der Waals surface area contributed by atoms with E-state index in [0.717, 1.165) is 0 Å². The second-order valence-electron chi connectivity index (χ2n) is 3.00. The predicted molar refractivity (Wildman–Crippen MR) is 66.2 cm³/mol. The van der Waals surface area contributed by atoms with Crippen LogP contribution in [0.5, 0.6) is 0 Å². The van der Waals surface area contributed by atoms with Crippen molar-refractivity contribution in [3.05, 3.63) is 48.7 Å². The van der Waals surface area contributed by atoms with E-state index in [4.69, 9.17) is 11.5 Å². The molecule has 1 heterocycles. The van der Waals surface area contributed by atoms with Gasteiger partial charge in [-0.3, -0.25) is 0 Å². The normalized spacial score (nSPS) is 8.75. The van der Waals surface area contributed by atoms with Gasteiger partial charge in [0.15, 0.2) is 0 Å². The van der Waals surface area contributed by atoms with Crippen LogP contribution in [-0.2, 0) is 0 Å². The Balaban J connectivity index is 0.000000221. The molecule has 1 aromatic heterocycles. The summed E-state index contributed by atoms with van der Waals surface area (Å²) in [5, 5.41) is 2.86. The highest BCUT2D eigenvalue weighted by Gasteiger charge is 1.92. The minimum Gasteiger partial charge on any atom is -0.369 e. The van der Waals surface area contributed by atoms with Crippen molar-refractivity contribution in [3.8, 4) is 11.3 Å². The molecule has 16 heavy (non-hydrogen) atoms. The summed E-state index contributed by atoms with van der Waals surface area (Å²) in [7, 11) is 0. The number of hydrogen-bond donors (Lipinski definition) is 4. The second-order valence-corrected chi connectivity index (χ2v) is 3.00. The number of aromatic nitrogens is 1. The van der Waals surface area contributed by atoms with E-state index in [0.29, 0.717) is 0 Å². The minimum atomic E-state index is -0.0926. The van der Waals surface area contributed by atoms with Crippen molar-refractivity contribution in [1.29, 1.82) is 0 Å². The number of H-pyrrole nitrogens is 1. The molecule has 0 aliphatic carbocycles. The maximum Gasteiger partial charge on any atom is 0.208 e. The maximum atomic E-state index is 4.69. The van der Waals surface area contributed by atoms with Crippen LogP contribution < -0.4 is 17.3 Å². The lowest BCUT2D eigenvalue weighted by Gasteiger charge is -1.94. The van der Waals surface area contributed by atoms with Gasteiger partial charge in [-0.25, -0.2) is 0 Å². The van der Waals surface area contributed by atoms with Crippen LogP contribution in [0.15, 0.2) is 53.8 Å². The highest BCUT2D eigenvalue weighted by atomic mass is 15.2. The number of nitrogens with zero attached hydrogens (tertiary/aromatic N) is 1. The maximum absolute atomic E-state index is 4.69. The molecule has 0 bridgehead atoms. The fraction of sp³-hybridized carbons (Fsp3) is 0. The molecule has 0 unspecified atom stereocenters. The van der Waals surface area contributed by atoms with Crippen LogP contribution in [0.25, 0.3) is 11.3 Å². The van der Waals surface area contributed by atoms with Gasteiger partial charge < -0.3 is 22.3 Å².